The second-order valence-corrected chi connectivity index (χ2v) is 3.28. The Balaban J connectivity index is 3.27. The van der Waals surface area contributed by atoms with Crippen LogP contribution in [0.15, 0.2) is 23.1 Å². The number of thioether (sulfide) groups is 1. The van der Waals surface area contributed by atoms with Gasteiger partial charge in [-0.15, -0.1) is 11.8 Å². The zero-order valence-corrected chi connectivity index (χ0v) is 8.04. The Kier molecular flexibility index (Phi) is 3.08. The highest BCUT2D eigenvalue weighted by atomic mass is 32.2. The summed E-state index contributed by atoms with van der Waals surface area (Å²) >= 11 is 1.19. The van der Waals surface area contributed by atoms with Crippen molar-refractivity contribution in [3.8, 4) is 0 Å². The molecule has 0 saturated carbocycles. The quantitative estimate of drug-likeness (QED) is 0.418. The molecule has 0 radical (unpaired) electrons. The van der Waals surface area contributed by atoms with Crippen LogP contribution in [0.4, 0.5) is 5.69 Å². The van der Waals surface area contributed by atoms with Crippen LogP contribution in [0, 0.1) is 10.1 Å². The second kappa shape index (κ2) is 4.10. The van der Waals surface area contributed by atoms with Gasteiger partial charge in [-0.05, 0) is 12.3 Å². The Hall–Kier alpha value is -1.56. The first-order valence-corrected chi connectivity index (χ1v) is 4.82. The van der Waals surface area contributed by atoms with Crippen LogP contribution < -0.4 is 5.11 Å². The topological polar surface area (TPSA) is 83.3 Å². The lowest BCUT2D eigenvalue weighted by Crippen LogP contribution is -2.22. The van der Waals surface area contributed by atoms with E-state index >= 15 is 0 Å². The van der Waals surface area contributed by atoms with Gasteiger partial charge >= 0.3 is 0 Å². The van der Waals surface area contributed by atoms with Crippen molar-refractivity contribution in [2.75, 3.05) is 6.26 Å². The van der Waals surface area contributed by atoms with E-state index in [2.05, 4.69) is 0 Å². The maximum atomic E-state index is 10.5. The number of nitro groups is 1. The molecule has 0 aliphatic rings. The van der Waals surface area contributed by atoms with Crippen LogP contribution in [0.25, 0.3) is 0 Å². The van der Waals surface area contributed by atoms with Gasteiger partial charge in [0.1, 0.15) is 0 Å². The fourth-order valence-electron chi connectivity index (χ4n) is 0.960. The fraction of sp³-hybridized carbons (Fsp3) is 0.125. The molecule has 5 nitrogen and oxygen atoms in total. The predicted octanol–water partition coefficient (Wildman–Crippen LogP) is 0.680. The average Bonchev–Trinajstić information content (AvgIpc) is 2.16. The lowest BCUT2D eigenvalue weighted by atomic mass is 10.2. The zero-order chi connectivity index (χ0) is 10.7. The number of carboxylic acid groups (broad SMARTS) is 1. The van der Waals surface area contributed by atoms with E-state index in [0.29, 0.717) is 4.90 Å². The van der Waals surface area contributed by atoms with Gasteiger partial charge in [0, 0.05) is 11.6 Å². The van der Waals surface area contributed by atoms with E-state index in [-0.39, 0.29) is 11.3 Å². The summed E-state index contributed by atoms with van der Waals surface area (Å²) in [6.45, 7) is 0. The van der Waals surface area contributed by atoms with Crippen LogP contribution in [-0.2, 0) is 0 Å². The molecular weight excluding hydrogens is 206 g/mol. The first-order chi connectivity index (χ1) is 6.56. The number of hydrogen-bond donors (Lipinski definition) is 0. The monoisotopic (exact) mass is 212 g/mol. The van der Waals surface area contributed by atoms with Crippen molar-refractivity contribution in [3.63, 3.8) is 0 Å². The molecule has 0 heterocycles. The number of benzene rings is 1. The van der Waals surface area contributed by atoms with Crippen molar-refractivity contribution in [2.45, 2.75) is 4.90 Å². The fourth-order valence-corrected chi connectivity index (χ4v) is 1.51. The number of carbonyl (C=O) groups excluding carboxylic acids is 1. The maximum Gasteiger partial charge on any atom is 0.283 e. The van der Waals surface area contributed by atoms with Crippen LogP contribution >= 0.6 is 11.8 Å². The smallest absolute Gasteiger partial charge is 0.283 e. The van der Waals surface area contributed by atoms with E-state index in [1.807, 2.05) is 0 Å². The number of carbonyl (C=O) groups is 1. The van der Waals surface area contributed by atoms with Crippen LogP contribution in [0.5, 0.6) is 0 Å². The molecular formula is C8H6NO4S-. The van der Waals surface area contributed by atoms with Crippen LogP contribution in [0.2, 0.25) is 0 Å². The van der Waals surface area contributed by atoms with E-state index < -0.39 is 10.9 Å². The van der Waals surface area contributed by atoms with Crippen molar-refractivity contribution >= 4 is 23.4 Å². The molecule has 6 heteroatoms. The molecule has 1 aromatic rings. The number of carboxylic acids is 1. The lowest BCUT2D eigenvalue weighted by Gasteiger charge is -2.04. The molecule has 0 amide bonds. The Morgan fingerprint density at radius 1 is 1.50 bits per heavy atom. The minimum absolute atomic E-state index is 0.186. The third kappa shape index (κ3) is 2.02. The number of nitrogens with zero attached hydrogens (tertiary/aromatic N) is 1. The Bertz CT molecular complexity index is 391. The van der Waals surface area contributed by atoms with Crippen LogP contribution in [0.3, 0.4) is 0 Å². The Morgan fingerprint density at radius 2 is 2.14 bits per heavy atom. The summed E-state index contributed by atoms with van der Waals surface area (Å²) < 4.78 is 0. The van der Waals surface area contributed by atoms with Crippen molar-refractivity contribution in [1.82, 2.24) is 0 Å². The molecule has 74 valence electrons. The Labute approximate surface area is 83.9 Å². The summed E-state index contributed by atoms with van der Waals surface area (Å²) in [6.07, 6.45) is 1.68. The Morgan fingerprint density at radius 3 is 2.57 bits per heavy atom. The first-order valence-electron chi connectivity index (χ1n) is 3.60. The molecule has 0 aliphatic heterocycles. The molecule has 0 aromatic heterocycles. The number of nitro benzene ring substituents is 1. The van der Waals surface area contributed by atoms with Crippen molar-refractivity contribution in [3.05, 3.63) is 33.9 Å². The summed E-state index contributed by atoms with van der Waals surface area (Å²) in [4.78, 5) is 20.8. The van der Waals surface area contributed by atoms with Gasteiger partial charge in [-0.3, -0.25) is 10.1 Å². The minimum Gasteiger partial charge on any atom is -0.545 e. The summed E-state index contributed by atoms with van der Waals surface area (Å²) in [5, 5.41) is 21.0. The van der Waals surface area contributed by atoms with Crippen LogP contribution in [0.1, 0.15) is 10.4 Å². The number of aromatic carboxylic acids is 1. The molecule has 0 aliphatic carbocycles. The molecule has 1 aromatic carbocycles. The average molecular weight is 212 g/mol. The molecule has 14 heavy (non-hydrogen) atoms. The molecule has 0 saturated heterocycles. The second-order valence-electron chi connectivity index (χ2n) is 2.43. The summed E-state index contributed by atoms with van der Waals surface area (Å²) in [5.41, 5.74) is -0.395. The maximum absolute atomic E-state index is 10.5. The molecule has 0 spiro atoms. The minimum atomic E-state index is -1.42. The zero-order valence-electron chi connectivity index (χ0n) is 7.22. The standard InChI is InChI=1S/C8H7NO4S/c1-14-7-3-2-5(8(10)11)4-6(7)9(12)13/h2-4H,1H3,(H,10,11)/p-1. The van der Waals surface area contributed by atoms with Gasteiger partial charge in [0.15, 0.2) is 0 Å². The van der Waals surface area contributed by atoms with Crippen molar-refractivity contribution in [2.24, 2.45) is 0 Å². The molecule has 0 fully saturated rings. The van der Waals surface area contributed by atoms with Gasteiger partial charge in [0.05, 0.1) is 15.8 Å². The number of rotatable bonds is 3. The summed E-state index contributed by atoms with van der Waals surface area (Å²) in [7, 11) is 0. The third-order valence-electron chi connectivity index (χ3n) is 1.61. The molecule has 0 unspecified atom stereocenters. The van der Waals surface area contributed by atoms with Gasteiger partial charge in [0.25, 0.3) is 5.69 Å². The van der Waals surface area contributed by atoms with Crippen LogP contribution in [-0.4, -0.2) is 17.1 Å². The number of hydrogen-bond acceptors (Lipinski definition) is 5. The highest BCUT2D eigenvalue weighted by Crippen LogP contribution is 2.27. The van der Waals surface area contributed by atoms with Gasteiger partial charge in [-0.2, -0.15) is 0 Å². The van der Waals surface area contributed by atoms with E-state index in [0.717, 1.165) is 6.07 Å². The highest BCUT2D eigenvalue weighted by molar-refractivity contribution is 7.98. The largest absolute Gasteiger partial charge is 0.545 e. The van der Waals surface area contributed by atoms with Gasteiger partial charge in [0.2, 0.25) is 0 Å². The molecule has 0 atom stereocenters. The molecule has 0 bridgehead atoms. The lowest BCUT2D eigenvalue weighted by molar-refractivity contribution is -0.387. The SMILES string of the molecule is CSc1ccc(C(=O)[O-])cc1[N+](=O)[O-]. The predicted molar refractivity (Wildman–Crippen MR) is 49.2 cm³/mol. The summed E-state index contributed by atoms with van der Waals surface area (Å²) in [6, 6.07) is 3.68. The normalized spacial score (nSPS) is 9.79. The molecule has 0 N–H and O–H groups in total. The van der Waals surface area contributed by atoms with E-state index in [4.69, 9.17) is 0 Å². The van der Waals surface area contributed by atoms with Gasteiger partial charge < -0.3 is 9.90 Å². The first kappa shape index (κ1) is 10.5. The summed E-state index contributed by atoms with van der Waals surface area (Å²) in [5.74, 6) is -1.42. The molecule has 1 rings (SSSR count). The third-order valence-corrected chi connectivity index (χ3v) is 2.40. The highest BCUT2D eigenvalue weighted by Gasteiger charge is 2.13. The van der Waals surface area contributed by atoms with Gasteiger partial charge in [-0.25, -0.2) is 0 Å². The van der Waals surface area contributed by atoms with E-state index in [1.54, 1.807) is 6.26 Å². The van der Waals surface area contributed by atoms with Gasteiger partial charge in [-0.1, -0.05) is 6.07 Å². The van der Waals surface area contributed by atoms with Crippen molar-refractivity contribution in [1.29, 1.82) is 0 Å². The van der Waals surface area contributed by atoms with E-state index in [9.17, 15) is 20.0 Å². The van der Waals surface area contributed by atoms with Crippen molar-refractivity contribution < 1.29 is 14.8 Å². The van der Waals surface area contributed by atoms with E-state index in [1.165, 1.54) is 23.9 Å².